The lowest BCUT2D eigenvalue weighted by Crippen LogP contribution is -2.30. The van der Waals surface area contributed by atoms with E-state index in [2.05, 4.69) is 47.2 Å². The number of hydrogen-bond acceptors (Lipinski definition) is 3. The highest BCUT2D eigenvalue weighted by Crippen LogP contribution is 2.22. The first-order chi connectivity index (χ1) is 13.4. The molecule has 0 saturated heterocycles. The monoisotopic (exact) mass is 373 g/mol. The molecule has 1 heterocycles. The van der Waals surface area contributed by atoms with Crippen LogP contribution >= 0.6 is 0 Å². The van der Waals surface area contributed by atoms with Crippen LogP contribution in [-0.4, -0.2) is 16.9 Å². The molecule has 4 heteroatoms. The molecule has 144 valence electrons. The Morgan fingerprint density at radius 2 is 1.79 bits per heavy atom. The zero-order valence-corrected chi connectivity index (χ0v) is 16.9. The lowest BCUT2D eigenvalue weighted by atomic mass is 10.1. The molecule has 4 nitrogen and oxygen atoms in total. The molecule has 0 unspecified atom stereocenters. The van der Waals surface area contributed by atoms with Gasteiger partial charge in [0.05, 0.1) is 17.4 Å². The molecule has 0 bridgehead atoms. The second-order valence-corrected chi connectivity index (χ2v) is 7.41. The van der Waals surface area contributed by atoms with Crippen LogP contribution in [0.2, 0.25) is 0 Å². The first-order valence-electron chi connectivity index (χ1n) is 9.58. The number of nitrogens with zero attached hydrogens (tertiary/aromatic N) is 2. The molecule has 1 N–H and O–H groups in total. The molecule has 0 aliphatic rings. The van der Waals surface area contributed by atoms with Crippen molar-refractivity contribution in [3.05, 3.63) is 89.2 Å². The highest BCUT2D eigenvalue weighted by Gasteiger charge is 2.15. The van der Waals surface area contributed by atoms with Crippen LogP contribution in [-0.2, 0) is 6.54 Å². The first-order valence-corrected chi connectivity index (χ1v) is 9.58. The van der Waals surface area contributed by atoms with E-state index < -0.39 is 0 Å². The molecule has 3 rings (SSSR count). The van der Waals surface area contributed by atoms with Gasteiger partial charge >= 0.3 is 0 Å². The Bertz CT molecular complexity index is 951. The van der Waals surface area contributed by atoms with Crippen LogP contribution < -0.4 is 10.2 Å². The van der Waals surface area contributed by atoms with Crippen LogP contribution in [0, 0.1) is 13.8 Å². The van der Waals surface area contributed by atoms with Crippen LogP contribution in [0.3, 0.4) is 0 Å². The molecule has 2 aromatic carbocycles. The Hall–Kier alpha value is -3.14. The highest BCUT2D eigenvalue weighted by molar-refractivity contribution is 6.05. The number of amides is 1. The minimum Gasteiger partial charge on any atom is -0.364 e. The molecule has 28 heavy (non-hydrogen) atoms. The third kappa shape index (κ3) is 4.77. The smallest absolute Gasteiger partial charge is 0.257 e. The molecule has 0 aliphatic heterocycles. The standard InChI is InChI=1S/C24H27N3O/c1-17(2)27(16-20-8-6-5-7-9-20)22-13-21(14-25-15-22)24(28)26-23-11-10-18(3)12-19(23)4/h5-15,17H,16H2,1-4H3,(H,26,28). The van der Waals surface area contributed by atoms with E-state index in [9.17, 15) is 4.79 Å². The Balaban J connectivity index is 1.82. The Morgan fingerprint density at radius 3 is 2.46 bits per heavy atom. The molecular formula is C24H27N3O. The van der Waals surface area contributed by atoms with E-state index in [0.717, 1.165) is 23.5 Å². The summed E-state index contributed by atoms with van der Waals surface area (Å²) in [4.78, 5) is 19.4. The fourth-order valence-electron chi connectivity index (χ4n) is 3.21. The average molecular weight is 374 g/mol. The summed E-state index contributed by atoms with van der Waals surface area (Å²) in [5, 5.41) is 3.00. The number of benzene rings is 2. The van der Waals surface area contributed by atoms with Gasteiger partial charge in [0.25, 0.3) is 5.91 Å². The molecule has 0 atom stereocenters. The highest BCUT2D eigenvalue weighted by atomic mass is 16.1. The topological polar surface area (TPSA) is 45.2 Å². The number of hydrogen-bond donors (Lipinski definition) is 1. The first kappa shape index (κ1) is 19.6. The Morgan fingerprint density at radius 1 is 1.04 bits per heavy atom. The number of carbonyl (C=O) groups excluding carboxylic acids is 1. The largest absolute Gasteiger partial charge is 0.364 e. The molecular weight excluding hydrogens is 346 g/mol. The van der Waals surface area contributed by atoms with Gasteiger partial charge in [-0.3, -0.25) is 9.78 Å². The lowest BCUT2D eigenvalue weighted by Gasteiger charge is -2.29. The van der Waals surface area contributed by atoms with Gasteiger partial charge in [-0.1, -0.05) is 48.0 Å². The van der Waals surface area contributed by atoms with Gasteiger partial charge in [-0.25, -0.2) is 0 Å². The molecule has 3 aromatic rings. The predicted octanol–water partition coefficient (Wildman–Crippen LogP) is 5.37. The van der Waals surface area contributed by atoms with Gasteiger partial charge in [0, 0.05) is 24.5 Å². The van der Waals surface area contributed by atoms with Gasteiger partial charge < -0.3 is 10.2 Å². The maximum atomic E-state index is 12.8. The molecule has 1 amide bonds. The van der Waals surface area contributed by atoms with Gasteiger partial charge in [0.2, 0.25) is 0 Å². The zero-order chi connectivity index (χ0) is 20.1. The summed E-state index contributed by atoms with van der Waals surface area (Å²) < 4.78 is 0. The third-order valence-corrected chi connectivity index (χ3v) is 4.77. The van der Waals surface area contributed by atoms with E-state index in [1.807, 2.05) is 56.4 Å². The Labute approximate surface area is 167 Å². The number of aromatic nitrogens is 1. The van der Waals surface area contributed by atoms with Crippen molar-refractivity contribution < 1.29 is 4.79 Å². The Kier molecular flexibility index (Phi) is 6.09. The number of carbonyl (C=O) groups is 1. The zero-order valence-electron chi connectivity index (χ0n) is 16.9. The summed E-state index contributed by atoms with van der Waals surface area (Å²) in [5.74, 6) is -0.148. The van der Waals surface area contributed by atoms with Crippen LogP contribution in [0.25, 0.3) is 0 Å². The van der Waals surface area contributed by atoms with Crippen molar-refractivity contribution in [3.63, 3.8) is 0 Å². The number of nitrogens with one attached hydrogen (secondary N) is 1. The van der Waals surface area contributed by atoms with E-state index in [4.69, 9.17) is 0 Å². The van der Waals surface area contributed by atoms with Gasteiger partial charge in [-0.05, 0) is 51.0 Å². The average Bonchev–Trinajstić information content (AvgIpc) is 2.69. The van der Waals surface area contributed by atoms with E-state index >= 15 is 0 Å². The van der Waals surface area contributed by atoms with Crippen molar-refractivity contribution >= 4 is 17.3 Å². The summed E-state index contributed by atoms with van der Waals surface area (Å²) in [6.07, 6.45) is 3.43. The van der Waals surface area contributed by atoms with Gasteiger partial charge in [-0.15, -0.1) is 0 Å². The molecule has 0 radical (unpaired) electrons. The minimum atomic E-state index is -0.148. The molecule has 0 fully saturated rings. The number of rotatable bonds is 6. The van der Waals surface area contributed by atoms with E-state index in [1.54, 1.807) is 6.20 Å². The van der Waals surface area contributed by atoms with E-state index in [0.29, 0.717) is 5.56 Å². The van der Waals surface area contributed by atoms with Crippen LogP contribution in [0.4, 0.5) is 11.4 Å². The van der Waals surface area contributed by atoms with Crippen LogP contribution in [0.15, 0.2) is 67.0 Å². The van der Waals surface area contributed by atoms with Crippen molar-refractivity contribution in [2.24, 2.45) is 0 Å². The molecule has 0 saturated carbocycles. The summed E-state index contributed by atoms with van der Waals surface area (Å²) in [5.41, 5.74) is 5.76. The molecule has 0 aliphatic carbocycles. The number of pyridine rings is 1. The summed E-state index contributed by atoms with van der Waals surface area (Å²) in [6.45, 7) is 9.09. The van der Waals surface area contributed by atoms with Crippen molar-refractivity contribution in [1.29, 1.82) is 0 Å². The number of aryl methyl sites for hydroxylation is 2. The fraction of sp³-hybridized carbons (Fsp3) is 0.250. The van der Waals surface area contributed by atoms with Gasteiger partial charge in [0.1, 0.15) is 0 Å². The van der Waals surface area contributed by atoms with Crippen LogP contribution in [0.5, 0.6) is 0 Å². The van der Waals surface area contributed by atoms with Crippen molar-refractivity contribution in [2.75, 3.05) is 10.2 Å². The quantitative estimate of drug-likeness (QED) is 0.632. The van der Waals surface area contributed by atoms with E-state index in [1.165, 1.54) is 11.1 Å². The van der Waals surface area contributed by atoms with Crippen molar-refractivity contribution in [2.45, 2.75) is 40.3 Å². The fourth-order valence-corrected chi connectivity index (χ4v) is 3.21. The minimum absolute atomic E-state index is 0.148. The normalized spacial score (nSPS) is 10.8. The van der Waals surface area contributed by atoms with Crippen molar-refractivity contribution in [1.82, 2.24) is 4.98 Å². The molecule has 1 aromatic heterocycles. The van der Waals surface area contributed by atoms with Gasteiger partial charge in [-0.2, -0.15) is 0 Å². The molecule has 0 spiro atoms. The summed E-state index contributed by atoms with van der Waals surface area (Å²) in [7, 11) is 0. The summed E-state index contributed by atoms with van der Waals surface area (Å²) >= 11 is 0. The lowest BCUT2D eigenvalue weighted by molar-refractivity contribution is 0.102. The SMILES string of the molecule is Cc1ccc(NC(=O)c2cncc(N(Cc3ccccc3)C(C)C)c2)c(C)c1. The number of anilines is 2. The second-order valence-electron chi connectivity index (χ2n) is 7.41. The summed E-state index contributed by atoms with van der Waals surface area (Å²) in [6, 6.07) is 18.5. The van der Waals surface area contributed by atoms with Gasteiger partial charge in [0.15, 0.2) is 0 Å². The van der Waals surface area contributed by atoms with E-state index in [-0.39, 0.29) is 11.9 Å². The second kappa shape index (κ2) is 8.70. The third-order valence-electron chi connectivity index (χ3n) is 4.77. The van der Waals surface area contributed by atoms with Crippen LogP contribution in [0.1, 0.15) is 40.9 Å². The maximum Gasteiger partial charge on any atom is 0.257 e. The maximum absolute atomic E-state index is 12.8. The van der Waals surface area contributed by atoms with Crippen molar-refractivity contribution in [3.8, 4) is 0 Å². The predicted molar refractivity (Wildman–Crippen MR) is 116 cm³/mol.